The number of hydrogen-bond donors (Lipinski definition) is 1. The largest absolute Gasteiger partial charge is 0.496 e. The first-order valence-corrected chi connectivity index (χ1v) is 5.80. The summed E-state index contributed by atoms with van der Waals surface area (Å²) in [5.41, 5.74) is 2.19. The van der Waals surface area contributed by atoms with Gasteiger partial charge in [-0.1, -0.05) is 0 Å². The van der Waals surface area contributed by atoms with E-state index in [1.54, 1.807) is 20.2 Å². The van der Waals surface area contributed by atoms with Crippen LogP contribution in [0.25, 0.3) is 11.4 Å². The minimum absolute atomic E-state index is 0.336. The van der Waals surface area contributed by atoms with Crippen LogP contribution in [0.5, 0.6) is 5.75 Å². The van der Waals surface area contributed by atoms with Crippen molar-refractivity contribution in [2.75, 3.05) is 19.5 Å². The second-order valence-electron chi connectivity index (χ2n) is 4.01. The molecule has 0 aliphatic heterocycles. The van der Waals surface area contributed by atoms with Crippen molar-refractivity contribution in [1.82, 2.24) is 9.97 Å². The normalized spacial score (nSPS) is 9.79. The fraction of sp³-hybridized carbons (Fsp3) is 0.214. The van der Waals surface area contributed by atoms with Gasteiger partial charge in [-0.25, -0.2) is 9.97 Å². The molecule has 0 saturated heterocycles. The summed E-state index contributed by atoms with van der Waals surface area (Å²) in [5, 5.41) is 11.9. The highest BCUT2D eigenvalue weighted by molar-refractivity contribution is 5.61. The van der Waals surface area contributed by atoms with Gasteiger partial charge in [-0.05, 0) is 30.7 Å². The first-order chi connectivity index (χ1) is 9.17. The van der Waals surface area contributed by atoms with Gasteiger partial charge in [0.2, 0.25) is 0 Å². The maximum atomic E-state index is 8.98. The zero-order valence-electron chi connectivity index (χ0n) is 11.1. The average Bonchev–Trinajstić information content (AvgIpc) is 2.46. The summed E-state index contributed by atoms with van der Waals surface area (Å²) in [4.78, 5) is 8.57. The summed E-state index contributed by atoms with van der Waals surface area (Å²) in [5.74, 6) is 1.96. The van der Waals surface area contributed by atoms with E-state index in [1.165, 1.54) is 0 Å². The SMILES string of the molecule is CNc1cc(C#N)nc(-c2ccc(OC)c(C)c2)n1. The van der Waals surface area contributed by atoms with Crippen molar-refractivity contribution >= 4 is 5.82 Å². The minimum atomic E-state index is 0.336. The number of aryl methyl sites for hydroxylation is 1. The molecule has 1 N–H and O–H groups in total. The number of hydrogen-bond acceptors (Lipinski definition) is 5. The Morgan fingerprint density at radius 3 is 2.63 bits per heavy atom. The number of rotatable bonds is 3. The Morgan fingerprint density at radius 1 is 1.26 bits per heavy atom. The van der Waals surface area contributed by atoms with Crippen LogP contribution in [0.4, 0.5) is 5.82 Å². The molecule has 1 heterocycles. The standard InChI is InChI=1S/C14H14N4O/c1-9-6-10(4-5-12(9)19-3)14-17-11(8-15)7-13(16-2)18-14/h4-7H,1-3H3,(H,16,17,18). The van der Waals surface area contributed by atoms with Crippen LogP contribution in [-0.4, -0.2) is 24.1 Å². The van der Waals surface area contributed by atoms with Gasteiger partial charge in [-0.2, -0.15) is 5.26 Å². The number of aromatic nitrogens is 2. The molecule has 19 heavy (non-hydrogen) atoms. The fourth-order valence-corrected chi connectivity index (χ4v) is 1.78. The average molecular weight is 254 g/mol. The van der Waals surface area contributed by atoms with E-state index >= 15 is 0 Å². The summed E-state index contributed by atoms with van der Waals surface area (Å²) < 4.78 is 5.22. The first kappa shape index (κ1) is 12.8. The molecule has 0 aliphatic carbocycles. The lowest BCUT2D eigenvalue weighted by Gasteiger charge is -2.08. The monoisotopic (exact) mass is 254 g/mol. The van der Waals surface area contributed by atoms with Gasteiger partial charge in [0.1, 0.15) is 23.3 Å². The lowest BCUT2D eigenvalue weighted by Crippen LogP contribution is -1.99. The molecular formula is C14H14N4O. The zero-order chi connectivity index (χ0) is 13.8. The van der Waals surface area contributed by atoms with Gasteiger partial charge in [0, 0.05) is 18.7 Å². The number of benzene rings is 1. The third kappa shape index (κ3) is 2.63. The topological polar surface area (TPSA) is 70.8 Å². The quantitative estimate of drug-likeness (QED) is 0.910. The predicted octanol–water partition coefficient (Wildman–Crippen LogP) is 2.37. The Bertz CT molecular complexity index is 646. The highest BCUT2D eigenvalue weighted by Gasteiger charge is 2.08. The van der Waals surface area contributed by atoms with E-state index in [0.717, 1.165) is 16.9 Å². The van der Waals surface area contributed by atoms with E-state index in [4.69, 9.17) is 10.00 Å². The number of nitrogens with zero attached hydrogens (tertiary/aromatic N) is 3. The van der Waals surface area contributed by atoms with Crippen molar-refractivity contribution in [3.05, 3.63) is 35.5 Å². The van der Waals surface area contributed by atoms with Crippen molar-refractivity contribution in [2.24, 2.45) is 0 Å². The summed E-state index contributed by atoms with van der Waals surface area (Å²) in [6.07, 6.45) is 0. The highest BCUT2D eigenvalue weighted by atomic mass is 16.5. The second-order valence-corrected chi connectivity index (χ2v) is 4.01. The maximum absolute atomic E-state index is 8.98. The lowest BCUT2D eigenvalue weighted by molar-refractivity contribution is 0.412. The van der Waals surface area contributed by atoms with E-state index in [-0.39, 0.29) is 0 Å². The van der Waals surface area contributed by atoms with Gasteiger partial charge >= 0.3 is 0 Å². The molecule has 0 fully saturated rings. The Kier molecular flexibility index (Phi) is 3.62. The molecule has 1 aromatic carbocycles. The molecule has 0 spiro atoms. The van der Waals surface area contributed by atoms with E-state index in [1.807, 2.05) is 31.2 Å². The van der Waals surface area contributed by atoms with Crippen LogP contribution in [0.3, 0.4) is 0 Å². The maximum Gasteiger partial charge on any atom is 0.162 e. The van der Waals surface area contributed by atoms with Crippen molar-refractivity contribution in [3.8, 4) is 23.2 Å². The van der Waals surface area contributed by atoms with Crippen molar-refractivity contribution < 1.29 is 4.74 Å². The molecule has 5 heteroatoms. The van der Waals surface area contributed by atoms with Gasteiger partial charge in [0.05, 0.1) is 7.11 Å². The van der Waals surface area contributed by atoms with Crippen LogP contribution in [0, 0.1) is 18.3 Å². The number of nitriles is 1. The van der Waals surface area contributed by atoms with Gasteiger partial charge < -0.3 is 10.1 Å². The highest BCUT2D eigenvalue weighted by Crippen LogP contribution is 2.24. The van der Waals surface area contributed by atoms with Crippen LogP contribution in [0.1, 0.15) is 11.3 Å². The Labute approximate surface area is 111 Å². The molecule has 0 bridgehead atoms. The van der Waals surface area contributed by atoms with Crippen LogP contribution in [0.2, 0.25) is 0 Å². The summed E-state index contributed by atoms with van der Waals surface area (Å²) >= 11 is 0. The van der Waals surface area contributed by atoms with E-state index in [0.29, 0.717) is 17.3 Å². The van der Waals surface area contributed by atoms with Gasteiger partial charge in [-0.15, -0.1) is 0 Å². The molecule has 0 amide bonds. The predicted molar refractivity (Wildman–Crippen MR) is 73.0 cm³/mol. The van der Waals surface area contributed by atoms with Crippen molar-refractivity contribution in [3.63, 3.8) is 0 Å². The van der Waals surface area contributed by atoms with Gasteiger partial charge in [0.15, 0.2) is 5.82 Å². The molecule has 0 atom stereocenters. The van der Waals surface area contributed by atoms with Crippen LogP contribution in [0.15, 0.2) is 24.3 Å². The van der Waals surface area contributed by atoms with E-state index < -0.39 is 0 Å². The number of nitrogens with one attached hydrogen (secondary N) is 1. The van der Waals surface area contributed by atoms with Crippen molar-refractivity contribution in [2.45, 2.75) is 6.92 Å². The van der Waals surface area contributed by atoms with Crippen molar-refractivity contribution in [1.29, 1.82) is 5.26 Å². The van der Waals surface area contributed by atoms with Crippen LogP contribution in [-0.2, 0) is 0 Å². The number of methoxy groups -OCH3 is 1. The summed E-state index contributed by atoms with van der Waals surface area (Å²) in [6.45, 7) is 1.95. The first-order valence-electron chi connectivity index (χ1n) is 5.80. The molecule has 0 saturated carbocycles. The smallest absolute Gasteiger partial charge is 0.162 e. The molecule has 5 nitrogen and oxygen atoms in total. The van der Waals surface area contributed by atoms with Gasteiger partial charge in [-0.3, -0.25) is 0 Å². The number of anilines is 1. The lowest BCUT2D eigenvalue weighted by atomic mass is 10.1. The minimum Gasteiger partial charge on any atom is -0.496 e. The second kappa shape index (κ2) is 5.36. The fourth-order valence-electron chi connectivity index (χ4n) is 1.78. The van der Waals surface area contributed by atoms with Crippen LogP contribution < -0.4 is 10.1 Å². The molecule has 0 radical (unpaired) electrons. The molecular weight excluding hydrogens is 240 g/mol. The third-order valence-corrected chi connectivity index (χ3v) is 2.75. The third-order valence-electron chi connectivity index (χ3n) is 2.75. The van der Waals surface area contributed by atoms with E-state index in [9.17, 15) is 0 Å². The Morgan fingerprint density at radius 2 is 2.05 bits per heavy atom. The molecule has 96 valence electrons. The molecule has 2 rings (SSSR count). The van der Waals surface area contributed by atoms with E-state index in [2.05, 4.69) is 15.3 Å². The Hall–Kier alpha value is -2.61. The van der Waals surface area contributed by atoms with Gasteiger partial charge in [0.25, 0.3) is 0 Å². The summed E-state index contributed by atoms with van der Waals surface area (Å²) in [6, 6.07) is 9.33. The zero-order valence-corrected chi connectivity index (χ0v) is 11.1. The number of ether oxygens (including phenoxy) is 1. The molecule has 2 aromatic rings. The molecule has 0 unspecified atom stereocenters. The molecule has 1 aromatic heterocycles. The van der Waals surface area contributed by atoms with Crippen LogP contribution >= 0.6 is 0 Å². The Balaban J connectivity index is 2.52. The molecule has 0 aliphatic rings. The summed E-state index contributed by atoms with van der Waals surface area (Å²) in [7, 11) is 3.39.